The van der Waals surface area contributed by atoms with Gasteiger partial charge in [-0.15, -0.1) is 0 Å². The molecule has 0 rings (SSSR count). The first-order valence-corrected chi connectivity index (χ1v) is 1.37. The molecule has 0 aromatic heterocycles. The molecule has 4 heavy (non-hydrogen) atoms. The van der Waals surface area contributed by atoms with E-state index in [1.165, 1.54) is 0 Å². The highest BCUT2D eigenvalue weighted by Crippen LogP contribution is 1.61. The topological polar surface area (TPSA) is 20.2 Å². The van der Waals surface area contributed by atoms with Crippen molar-refractivity contribution in [3.05, 3.63) is 0 Å². The van der Waals surface area contributed by atoms with Crippen LogP contribution in [-0.2, 0) is 0 Å². The largest absolute Gasteiger partial charge is 0.396 e. The maximum atomic E-state index is 8.03. The molecule has 1 atom stereocenters. The molecule has 0 aliphatic carbocycles. The Balaban J connectivity index is 2.54. The molecule has 0 aliphatic heterocycles. The van der Waals surface area contributed by atoms with Gasteiger partial charge in [-0.25, -0.2) is 0 Å². The van der Waals surface area contributed by atoms with Crippen LogP contribution in [0, 0.1) is 0 Å². The smallest absolute Gasteiger partial charge is 0.0564 e. The van der Waals surface area contributed by atoms with Crippen molar-refractivity contribution < 1.29 is 6.48 Å². The lowest BCUT2D eigenvalue weighted by Gasteiger charge is -1.69. The van der Waals surface area contributed by atoms with Crippen LogP contribution in [0.15, 0.2) is 0 Å². The van der Waals surface area contributed by atoms with E-state index < -0.39 is 6.58 Å². The second-order valence-corrected chi connectivity index (χ2v) is 0.591. The van der Waals surface area contributed by atoms with Crippen molar-refractivity contribution in [2.75, 3.05) is 6.58 Å². The monoisotopic (exact) mass is 62.1 g/mol. The Hall–Kier alpha value is -0.0400. The van der Waals surface area contributed by atoms with Crippen LogP contribution in [0.4, 0.5) is 0 Å². The van der Waals surface area contributed by atoms with Crippen LogP contribution < -0.4 is 0 Å². The lowest BCUT2D eigenvalue weighted by Crippen LogP contribution is -1.69. The van der Waals surface area contributed by atoms with Crippen LogP contribution in [0.5, 0.6) is 0 Å². The van der Waals surface area contributed by atoms with Gasteiger partial charge < -0.3 is 5.11 Å². The first kappa shape index (κ1) is 2.21. The molecule has 0 amide bonds. The quantitative estimate of drug-likeness (QED) is 0.466. The van der Waals surface area contributed by atoms with Crippen LogP contribution in [0.25, 0.3) is 0 Å². The minimum Gasteiger partial charge on any atom is -0.396 e. The van der Waals surface area contributed by atoms with Crippen LogP contribution in [0.3, 0.4) is 0 Å². The van der Waals surface area contributed by atoms with Gasteiger partial charge >= 0.3 is 0 Å². The first-order valence-electron chi connectivity index (χ1n) is 1.95. The fourth-order valence-electron chi connectivity index (χ4n) is 0. The normalized spacial score (nSPS) is 19.0. The van der Waals surface area contributed by atoms with Crippen LogP contribution in [0.2, 0.25) is 0 Å². The lowest BCUT2D eigenvalue weighted by molar-refractivity contribution is 0.295. The lowest BCUT2D eigenvalue weighted by atomic mass is 10.5. The molecule has 1 nitrogen and oxygen atoms in total. The molecule has 1 N–H and O–H groups in total. The van der Waals surface area contributed by atoms with E-state index in [9.17, 15) is 0 Å². The standard InChI is InChI=1S/C3H8O/c1-2-3-4/h4H,2-3H2,1H3/i3T. The van der Waals surface area contributed by atoms with Crippen LogP contribution in [0.1, 0.15) is 14.7 Å². The molecule has 0 saturated heterocycles. The molecular weight excluding hydrogens is 52.0 g/mol. The molecule has 0 heterocycles. The van der Waals surface area contributed by atoms with E-state index in [1.807, 2.05) is 0 Å². The summed E-state index contributed by atoms with van der Waals surface area (Å²) in [6.07, 6.45) is 0.528. The number of hydrogen-bond donors (Lipinski definition) is 1. The Kier molecular flexibility index (Phi) is 1.64. The van der Waals surface area contributed by atoms with E-state index in [-0.39, 0.29) is 0 Å². The number of aliphatic hydroxyl groups excluding tert-OH is 1. The summed E-state index contributed by atoms with van der Waals surface area (Å²) in [5.74, 6) is 0. The molecule has 0 bridgehead atoms. The third-order valence-corrected chi connectivity index (χ3v) is 0.183. The third kappa shape index (κ3) is 1.96. The SMILES string of the molecule is [3H]C(O)CC. The summed E-state index contributed by atoms with van der Waals surface area (Å²) in [6, 6.07) is 0. The Morgan fingerprint density at radius 3 is 2.50 bits per heavy atom. The summed E-state index contributed by atoms with van der Waals surface area (Å²) in [5, 5.41) is 8.03. The van der Waals surface area contributed by atoms with Gasteiger partial charge in [0.1, 0.15) is 0 Å². The predicted octanol–water partition coefficient (Wildman–Crippen LogP) is 0.389. The minimum absolute atomic E-state index is 0.528. The molecule has 0 radical (unpaired) electrons. The Bertz CT molecular complexity index is 20.9. The average Bonchev–Trinajstić information content (AvgIpc) is 1.38. The van der Waals surface area contributed by atoms with Gasteiger partial charge in [0.25, 0.3) is 0 Å². The van der Waals surface area contributed by atoms with Crippen molar-refractivity contribution in [1.82, 2.24) is 0 Å². The zero-order valence-electron chi connectivity index (χ0n) is 3.73. The summed E-state index contributed by atoms with van der Waals surface area (Å²) < 4.78 is 6.38. The van der Waals surface area contributed by atoms with Crippen molar-refractivity contribution in [2.45, 2.75) is 13.3 Å². The van der Waals surface area contributed by atoms with Gasteiger partial charge in [-0.1, -0.05) is 6.92 Å². The molecule has 0 aliphatic rings. The molecule has 0 saturated carbocycles. The summed E-state index contributed by atoms with van der Waals surface area (Å²) in [4.78, 5) is 0. The minimum atomic E-state index is -0.866. The van der Waals surface area contributed by atoms with Crippen LogP contribution in [-0.4, -0.2) is 11.7 Å². The zero-order chi connectivity index (χ0) is 4.28. The van der Waals surface area contributed by atoms with Gasteiger partial charge in [0.05, 0.1) is 1.37 Å². The molecule has 1 heteroatoms. The molecule has 26 valence electrons. The zero-order valence-corrected chi connectivity index (χ0v) is 2.73. The third-order valence-electron chi connectivity index (χ3n) is 0.183. The Labute approximate surface area is 27.7 Å². The number of hydrogen-bond acceptors (Lipinski definition) is 1. The number of aliphatic hydroxyl groups is 1. The molecule has 0 aromatic rings. The van der Waals surface area contributed by atoms with Crippen molar-refractivity contribution >= 4 is 0 Å². The van der Waals surface area contributed by atoms with Crippen molar-refractivity contribution in [3.63, 3.8) is 0 Å². The van der Waals surface area contributed by atoms with Gasteiger partial charge in [0, 0.05) is 6.58 Å². The maximum absolute atomic E-state index is 8.03. The molecular formula is C3H8O. The van der Waals surface area contributed by atoms with Gasteiger partial charge in [0.15, 0.2) is 0 Å². The van der Waals surface area contributed by atoms with Gasteiger partial charge in [-0.05, 0) is 6.42 Å². The van der Waals surface area contributed by atoms with Crippen molar-refractivity contribution in [3.8, 4) is 0 Å². The van der Waals surface area contributed by atoms with E-state index in [0.29, 0.717) is 6.42 Å². The van der Waals surface area contributed by atoms with Gasteiger partial charge in [-0.2, -0.15) is 0 Å². The number of rotatable bonds is 1. The van der Waals surface area contributed by atoms with Crippen molar-refractivity contribution in [1.29, 1.82) is 0 Å². The van der Waals surface area contributed by atoms with E-state index in [4.69, 9.17) is 6.48 Å². The predicted molar refractivity (Wildman–Crippen MR) is 17.4 cm³/mol. The van der Waals surface area contributed by atoms with Gasteiger partial charge in [0.2, 0.25) is 0 Å². The maximum Gasteiger partial charge on any atom is 0.0564 e. The highest BCUT2D eigenvalue weighted by Gasteiger charge is 1.57. The Morgan fingerprint density at radius 1 is 2.25 bits per heavy atom. The summed E-state index contributed by atoms with van der Waals surface area (Å²) in [7, 11) is 0. The van der Waals surface area contributed by atoms with E-state index in [2.05, 4.69) is 0 Å². The second-order valence-electron chi connectivity index (χ2n) is 0.591. The summed E-state index contributed by atoms with van der Waals surface area (Å²) >= 11 is 0. The van der Waals surface area contributed by atoms with E-state index in [1.54, 1.807) is 6.92 Å². The highest BCUT2D eigenvalue weighted by molar-refractivity contribution is 4.10. The first-order chi connectivity index (χ1) is 2.27. The molecule has 1 unspecified atom stereocenters. The molecule has 0 fully saturated rings. The fraction of sp³-hybridized carbons (Fsp3) is 1.00. The fourth-order valence-corrected chi connectivity index (χ4v) is 0. The molecule has 0 aromatic carbocycles. The van der Waals surface area contributed by atoms with E-state index in [0.717, 1.165) is 0 Å². The summed E-state index contributed by atoms with van der Waals surface area (Å²) in [6.45, 7) is 0.896. The van der Waals surface area contributed by atoms with Crippen molar-refractivity contribution in [2.24, 2.45) is 0 Å². The average molecular weight is 62.1 g/mol. The second kappa shape index (κ2) is 2.96. The van der Waals surface area contributed by atoms with Crippen LogP contribution >= 0.6 is 0 Å². The summed E-state index contributed by atoms with van der Waals surface area (Å²) in [5.41, 5.74) is 0. The van der Waals surface area contributed by atoms with Gasteiger partial charge in [-0.3, -0.25) is 0 Å². The molecule has 0 spiro atoms. The highest BCUT2D eigenvalue weighted by atomic mass is 16.2. The van der Waals surface area contributed by atoms with E-state index >= 15 is 0 Å². The Morgan fingerprint density at radius 2 is 2.50 bits per heavy atom.